The van der Waals surface area contributed by atoms with Gasteiger partial charge in [-0.05, 0) is 19.8 Å². The van der Waals surface area contributed by atoms with E-state index < -0.39 is 29.7 Å². The lowest BCUT2D eigenvalue weighted by Gasteiger charge is -2.23. The summed E-state index contributed by atoms with van der Waals surface area (Å²) in [6.45, 7) is 4.77. The molecule has 0 aromatic rings. The van der Waals surface area contributed by atoms with E-state index in [1.165, 1.54) is 6.92 Å². The number of carbonyl (C=O) groups is 3. The second-order valence-electron chi connectivity index (χ2n) is 4.58. The quantitative estimate of drug-likeness (QED) is 0.342. The lowest BCUT2D eigenvalue weighted by atomic mass is 9.83. The molecule has 1 aliphatic rings. The van der Waals surface area contributed by atoms with Gasteiger partial charge >= 0.3 is 17.9 Å². The topological polar surface area (TPSA) is 89.9 Å². The number of carboxylic acids is 1. The molecule has 2 atom stereocenters. The molecule has 1 rings (SSSR count). The third kappa shape index (κ3) is 4.53. The molecule has 6 nitrogen and oxygen atoms in total. The minimum absolute atomic E-state index is 0.0717. The maximum Gasteiger partial charge on any atom is 0.333 e. The van der Waals surface area contributed by atoms with Crippen LogP contribution in [0.3, 0.4) is 0 Å². The fourth-order valence-corrected chi connectivity index (χ4v) is 1.85. The van der Waals surface area contributed by atoms with Gasteiger partial charge in [0.25, 0.3) is 0 Å². The molecule has 0 aromatic carbocycles. The Morgan fingerprint density at radius 2 is 1.70 bits per heavy atom. The fraction of sp³-hybridized carbons (Fsp3) is 0.500. The molecule has 0 fully saturated rings. The second-order valence-corrected chi connectivity index (χ2v) is 4.58. The highest BCUT2D eigenvalue weighted by Gasteiger charge is 2.35. The Labute approximate surface area is 117 Å². The monoisotopic (exact) mass is 282 g/mol. The zero-order valence-electron chi connectivity index (χ0n) is 11.3. The van der Waals surface area contributed by atoms with Crippen molar-refractivity contribution in [2.24, 2.45) is 11.8 Å². The zero-order valence-corrected chi connectivity index (χ0v) is 11.3. The van der Waals surface area contributed by atoms with Gasteiger partial charge in [-0.15, -0.1) is 0 Å². The standard InChI is InChI=1S/C14H18O6/c1-9(2)13(17)19-7-8-20-14(18)11-6-4-3-5-10(11)12(15)16/h3-4,10-11H,1,5-8H2,2H3,(H,15,16). The van der Waals surface area contributed by atoms with Crippen molar-refractivity contribution >= 4 is 17.9 Å². The van der Waals surface area contributed by atoms with Crippen molar-refractivity contribution in [1.82, 2.24) is 0 Å². The van der Waals surface area contributed by atoms with Crippen LogP contribution in [0, 0.1) is 11.8 Å². The number of ether oxygens (including phenoxy) is 2. The lowest BCUT2D eigenvalue weighted by Crippen LogP contribution is -2.33. The molecule has 0 saturated heterocycles. The Morgan fingerprint density at radius 3 is 2.25 bits per heavy atom. The van der Waals surface area contributed by atoms with Crippen LogP contribution >= 0.6 is 0 Å². The van der Waals surface area contributed by atoms with Crippen LogP contribution in [0.4, 0.5) is 0 Å². The Morgan fingerprint density at radius 1 is 1.15 bits per heavy atom. The van der Waals surface area contributed by atoms with Crippen molar-refractivity contribution in [2.75, 3.05) is 13.2 Å². The number of aliphatic carboxylic acids is 1. The second kappa shape index (κ2) is 7.47. The van der Waals surface area contributed by atoms with Crippen LogP contribution in [0.15, 0.2) is 24.3 Å². The van der Waals surface area contributed by atoms with Crippen LogP contribution in [0.5, 0.6) is 0 Å². The van der Waals surface area contributed by atoms with Gasteiger partial charge in [-0.25, -0.2) is 4.79 Å². The summed E-state index contributed by atoms with van der Waals surface area (Å²) in [4.78, 5) is 33.9. The normalized spacial score (nSPS) is 21.1. The molecule has 0 amide bonds. The van der Waals surface area contributed by atoms with E-state index in [0.29, 0.717) is 12.8 Å². The molecular weight excluding hydrogens is 264 g/mol. The van der Waals surface area contributed by atoms with Gasteiger partial charge in [-0.2, -0.15) is 0 Å². The highest BCUT2D eigenvalue weighted by atomic mass is 16.6. The molecule has 0 spiro atoms. The molecule has 0 aromatic heterocycles. The molecule has 0 bridgehead atoms. The fourth-order valence-electron chi connectivity index (χ4n) is 1.85. The van der Waals surface area contributed by atoms with Crippen LogP contribution in [0.1, 0.15) is 19.8 Å². The van der Waals surface area contributed by atoms with Crippen LogP contribution < -0.4 is 0 Å². The third-order valence-corrected chi connectivity index (χ3v) is 2.96. The van der Waals surface area contributed by atoms with Crippen LogP contribution in [0.2, 0.25) is 0 Å². The number of hydrogen-bond acceptors (Lipinski definition) is 5. The molecule has 1 aliphatic carbocycles. The van der Waals surface area contributed by atoms with Gasteiger partial charge in [0.05, 0.1) is 11.8 Å². The molecule has 0 radical (unpaired) electrons. The third-order valence-electron chi connectivity index (χ3n) is 2.96. The zero-order chi connectivity index (χ0) is 15.1. The van der Waals surface area contributed by atoms with Crippen LogP contribution in [-0.2, 0) is 23.9 Å². The van der Waals surface area contributed by atoms with Gasteiger partial charge in [0.2, 0.25) is 0 Å². The molecule has 20 heavy (non-hydrogen) atoms. The van der Waals surface area contributed by atoms with E-state index in [1.807, 2.05) is 0 Å². The van der Waals surface area contributed by atoms with Gasteiger partial charge in [0.15, 0.2) is 0 Å². The molecule has 0 aliphatic heterocycles. The van der Waals surface area contributed by atoms with Gasteiger partial charge in [0.1, 0.15) is 13.2 Å². The maximum absolute atomic E-state index is 11.8. The molecule has 6 heteroatoms. The number of rotatable bonds is 6. The highest BCUT2D eigenvalue weighted by Crippen LogP contribution is 2.26. The Balaban J connectivity index is 2.38. The van der Waals surface area contributed by atoms with Gasteiger partial charge in [-0.1, -0.05) is 18.7 Å². The van der Waals surface area contributed by atoms with Gasteiger partial charge in [-0.3, -0.25) is 9.59 Å². The van der Waals surface area contributed by atoms with E-state index in [9.17, 15) is 14.4 Å². The number of carbonyl (C=O) groups excluding carboxylic acids is 2. The molecule has 110 valence electrons. The SMILES string of the molecule is C=C(C)C(=O)OCCOC(=O)C1CC=CCC1C(=O)O. The van der Waals surface area contributed by atoms with Crippen LogP contribution in [0.25, 0.3) is 0 Å². The highest BCUT2D eigenvalue weighted by molar-refractivity contribution is 5.87. The summed E-state index contributed by atoms with van der Waals surface area (Å²) in [5.41, 5.74) is 0.264. The predicted molar refractivity (Wildman–Crippen MR) is 69.7 cm³/mol. The van der Waals surface area contributed by atoms with Gasteiger partial charge in [0, 0.05) is 5.57 Å². The first-order valence-corrected chi connectivity index (χ1v) is 6.30. The number of esters is 2. The van der Waals surface area contributed by atoms with E-state index in [1.54, 1.807) is 12.2 Å². The summed E-state index contributed by atoms with van der Waals surface area (Å²) in [7, 11) is 0. The molecule has 0 heterocycles. The van der Waals surface area contributed by atoms with Crippen molar-refractivity contribution in [3.05, 3.63) is 24.3 Å². The first kappa shape index (κ1) is 15.9. The van der Waals surface area contributed by atoms with E-state index in [2.05, 4.69) is 6.58 Å². The molecule has 0 saturated carbocycles. The predicted octanol–water partition coefficient (Wildman–Crippen LogP) is 1.32. The largest absolute Gasteiger partial charge is 0.481 e. The number of carboxylic acid groups (broad SMARTS) is 1. The Kier molecular flexibility index (Phi) is 5.96. The minimum atomic E-state index is -1.01. The van der Waals surface area contributed by atoms with E-state index >= 15 is 0 Å². The van der Waals surface area contributed by atoms with E-state index in [0.717, 1.165) is 0 Å². The Hall–Kier alpha value is -2.11. The molecule has 1 N–H and O–H groups in total. The summed E-state index contributed by atoms with van der Waals surface area (Å²) < 4.78 is 9.72. The van der Waals surface area contributed by atoms with Crippen molar-refractivity contribution < 1.29 is 29.0 Å². The maximum atomic E-state index is 11.8. The summed E-state index contributed by atoms with van der Waals surface area (Å²) in [5.74, 6) is -3.58. The number of allylic oxidation sites excluding steroid dienone is 2. The average molecular weight is 282 g/mol. The number of hydrogen-bond donors (Lipinski definition) is 1. The van der Waals surface area contributed by atoms with Crippen molar-refractivity contribution in [2.45, 2.75) is 19.8 Å². The van der Waals surface area contributed by atoms with E-state index in [-0.39, 0.29) is 18.8 Å². The van der Waals surface area contributed by atoms with Crippen molar-refractivity contribution in [1.29, 1.82) is 0 Å². The smallest absolute Gasteiger partial charge is 0.333 e. The molecular formula is C14H18O6. The minimum Gasteiger partial charge on any atom is -0.481 e. The summed E-state index contributed by atoms with van der Waals surface area (Å²) in [6.07, 6.45) is 4.19. The summed E-state index contributed by atoms with van der Waals surface area (Å²) in [5, 5.41) is 9.04. The van der Waals surface area contributed by atoms with Gasteiger partial charge < -0.3 is 14.6 Å². The van der Waals surface area contributed by atoms with E-state index in [4.69, 9.17) is 14.6 Å². The lowest BCUT2D eigenvalue weighted by molar-refractivity contribution is -0.160. The van der Waals surface area contributed by atoms with Crippen molar-refractivity contribution in [3.8, 4) is 0 Å². The summed E-state index contributed by atoms with van der Waals surface area (Å²) >= 11 is 0. The van der Waals surface area contributed by atoms with Crippen LogP contribution in [-0.4, -0.2) is 36.2 Å². The van der Waals surface area contributed by atoms with Crippen molar-refractivity contribution in [3.63, 3.8) is 0 Å². The summed E-state index contributed by atoms with van der Waals surface area (Å²) in [6, 6.07) is 0. The molecule has 2 unspecified atom stereocenters. The first-order valence-electron chi connectivity index (χ1n) is 6.30. The average Bonchev–Trinajstić information content (AvgIpc) is 2.42. The Bertz CT molecular complexity index is 437. The first-order chi connectivity index (χ1) is 9.43.